The van der Waals surface area contributed by atoms with E-state index >= 15 is 0 Å². The van der Waals surface area contributed by atoms with Crippen molar-refractivity contribution in [2.45, 2.75) is 26.4 Å². The SMILES string of the molecule is CC(C)(C)OCCOc1nc(Cl)nc2nc[nH]c12. The Morgan fingerprint density at radius 3 is 2.78 bits per heavy atom. The maximum absolute atomic E-state index is 5.78. The van der Waals surface area contributed by atoms with Gasteiger partial charge in [0.1, 0.15) is 12.1 Å². The number of aromatic nitrogens is 4. The largest absolute Gasteiger partial charge is 0.474 e. The van der Waals surface area contributed by atoms with Gasteiger partial charge < -0.3 is 14.5 Å². The Hall–Kier alpha value is -1.40. The molecular formula is C11H15ClN4O2. The van der Waals surface area contributed by atoms with Crippen molar-refractivity contribution in [1.82, 2.24) is 19.9 Å². The molecule has 98 valence electrons. The molecule has 0 bridgehead atoms. The molecule has 7 heteroatoms. The summed E-state index contributed by atoms with van der Waals surface area (Å²) in [4.78, 5) is 14.9. The monoisotopic (exact) mass is 270 g/mol. The van der Waals surface area contributed by atoms with E-state index in [9.17, 15) is 0 Å². The van der Waals surface area contributed by atoms with Crippen LogP contribution in [-0.4, -0.2) is 38.8 Å². The predicted octanol–water partition coefficient (Wildman–Crippen LogP) is 2.20. The normalized spacial score (nSPS) is 12.0. The maximum atomic E-state index is 5.78. The highest BCUT2D eigenvalue weighted by Gasteiger charge is 2.12. The Bertz CT molecular complexity index is 535. The van der Waals surface area contributed by atoms with E-state index in [1.165, 1.54) is 6.33 Å². The smallest absolute Gasteiger partial charge is 0.244 e. The summed E-state index contributed by atoms with van der Waals surface area (Å²) in [6.45, 7) is 6.82. The van der Waals surface area contributed by atoms with Gasteiger partial charge in [0.2, 0.25) is 11.2 Å². The molecule has 0 aliphatic rings. The number of fused-ring (bicyclic) bond motifs is 1. The fourth-order valence-electron chi connectivity index (χ4n) is 1.37. The molecule has 0 unspecified atom stereocenters. The second-order valence-corrected chi connectivity index (χ2v) is 5.05. The van der Waals surface area contributed by atoms with Gasteiger partial charge in [-0.05, 0) is 32.4 Å². The van der Waals surface area contributed by atoms with Crippen molar-refractivity contribution in [3.8, 4) is 5.88 Å². The number of hydrogen-bond donors (Lipinski definition) is 1. The van der Waals surface area contributed by atoms with Crippen LogP contribution >= 0.6 is 11.6 Å². The topological polar surface area (TPSA) is 72.9 Å². The van der Waals surface area contributed by atoms with Crippen LogP contribution in [0.15, 0.2) is 6.33 Å². The molecule has 0 aliphatic heterocycles. The van der Waals surface area contributed by atoms with Crippen LogP contribution in [0.1, 0.15) is 20.8 Å². The molecule has 1 N–H and O–H groups in total. The van der Waals surface area contributed by atoms with E-state index in [2.05, 4.69) is 19.9 Å². The molecule has 2 aromatic rings. The first kappa shape index (κ1) is 13.0. The summed E-state index contributed by atoms with van der Waals surface area (Å²) in [5.74, 6) is 0.389. The molecule has 0 aromatic carbocycles. The van der Waals surface area contributed by atoms with Gasteiger partial charge in [-0.15, -0.1) is 0 Å². The average molecular weight is 271 g/mol. The van der Waals surface area contributed by atoms with Crippen LogP contribution in [0.5, 0.6) is 5.88 Å². The summed E-state index contributed by atoms with van der Waals surface area (Å²) < 4.78 is 11.1. The van der Waals surface area contributed by atoms with Gasteiger partial charge in [0.25, 0.3) is 0 Å². The van der Waals surface area contributed by atoms with Gasteiger partial charge in [0.15, 0.2) is 5.65 Å². The molecular weight excluding hydrogens is 256 g/mol. The fourth-order valence-corrected chi connectivity index (χ4v) is 1.53. The number of ether oxygens (including phenoxy) is 2. The van der Waals surface area contributed by atoms with Gasteiger partial charge in [0.05, 0.1) is 18.5 Å². The Morgan fingerprint density at radius 1 is 1.28 bits per heavy atom. The Morgan fingerprint density at radius 2 is 2.06 bits per heavy atom. The molecule has 6 nitrogen and oxygen atoms in total. The van der Waals surface area contributed by atoms with Gasteiger partial charge in [-0.3, -0.25) is 0 Å². The molecule has 0 saturated heterocycles. The maximum Gasteiger partial charge on any atom is 0.244 e. The number of aromatic amines is 1. The zero-order chi connectivity index (χ0) is 13.2. The van der Waals surface area contributed by atoms with Crippen molar-refractivity contribution in [3.05, 3.63) is 11.6 Å². The lowest BCUT2D eigenvalue weighted by Gasteiger charge is -2.19. The summed E-state index contributed by atoms with van der Waals surface area (Å²) >= 11 is 5.78. The lowest BCUT2D eigenvalue weighted by atomic mass is 10.2. The van der Waals surface area contributed by atoms with Crippen LogP contribution < -0.4 is 4.74 Å². The molecule has 0 aliphatic carbocycles. The standard InChI is InChI=1S/C11H15ClN4O2/c1-11(2,3)18-5-4-17-9-7-8(14-6-13-7)15-10(12)16-9/h6H,4-5H2,1-3H3,(H,13,14,15,16). The minimum Gasteiger partial charge on any atom is -0.474 e. The molecule has 2 heterocycles. The fraction of sp³-hybridized carbons (Fsp3) is 0.545. The van der Waals surface area contributed by atoms with Gasteiger partial charge in [-0.25, -0.2) is 4.98 Å². The van der Waals surface area contributed by atoms with E-state index in [1.54, 1.807) is 0 Å². The van der Waals surface area contributed by atoms with Crippen LogP contribution in [0.2, 0.25) is 5.28 Å². The van der Waals surface area contributed by atoms with Crippen LogP contribution in [0.4, 0.5) is 0 Å². The summed E-state index contributed by atoms with van der Waals surface area (Å²) in [6, 6.07) is 0. The number of nitrogens with zero attached hydrogens (tertiary/aromatic N) is 3. The first-order chi connectivity index (χ1) is 8.46. The van der Waals surface area contributed by atoms with Crippen molar-refractivity contribution < 1.29 is 9.47 Å². The molecule has 0 fully saturated rings. The number of H-pyrrole nitrogens is 1. The van der Waals surface area contributed by atoms with Crippen LogP contribution in [-0.2, 0) is 4.74 Å². The molecule has 0 amide bonds. The van der Waals surface area contributed by atoms with Gasteiger partial charge in [0, 0.05) is 0 Å². The van der Waals surface area contributed by atoms with Crippen molar-refractivity contribution in [2.75, 3.05) is 13.2 Å². The third-order valence-electron chi connectivity index (χ3n) is 2.08. The van der Waals surface area contributed by atoms with Crippen LogP contribution in [0, 0.1) is 0 Å². The molecule has 2 aromatic heterocycles. The molecule has 18 heavy (non-hydrogen) atoms. The number of hydrogen-bond acceptors (Lipinski definition) is 5. The van der Waals surface area contributed by atoms with E-state index in [-0.39, 0.29) is 10.9 Å². The minimum atomic E-state index is -0.185. The highest BCUT2D eigenvalue weighted by atomic mass is 35.5. The van der Waals surface area contributed by atoms with E-state index in [4.69, 9.17) is 21.1 Å². The van der Waals surface area contributed by atoms with Gasteiger partial charge >= 0.3 is 0 Å². The molecule has 0 radical (unpaired) electrons. The lowest BCUT2D eigenvalue weighted by Crippen LogP contribution is -2.22. The van der Waals surface area contributed by atoms with Crippen molar-refractivity contribution >= 4 is 22.8 Å². The summed E-state index contributed by atoms with van der Waals surface area (Å²) in [6.07, 6.45) is 1.52. The Labute approximate surface area is 110 Å². The minimum absolute atomic E-state index is 0.112. The quantitative estimate of drug-likeness (QED) is 0.681. The van der Waals surface area contributed by atoms with Crippen LogP contribution in [0.3, 0.4) is 0 Å². The molecule has 2 rings (SSSR count). The third kappa shape index (κ3) is 3.30. The zero-order valence-electron chi connectivity index (χ0n) is 10.5. The summed E-state index contributed by atoms with van der Waals surface area (Å²) in [5, 5.41) is 0.112. The highest BCUT2D eigenvalue weighted by Crippen LogP contribution is 2.20. The van der Waals surface area contributed by atoms with Crippen molar-refractivity contribution in [3.63, 3.8) is 0 Å². The molecule has 0 saturated carbocycles. The van der Waals surface area contributed by atoms with Crippen LogP contribution in [0.25, 0.3) is 11.2 Å². The van der Waals surface area contributed by atoms with E-state index < -0.39 is 0 Å². The third-order valence-corrected chi connectivity index (χ3v) is 2.25. The van der Waals surface area contributed by atoms with E-state index in [1.807, 2.05) is 20.8 Å². The number of rotatable bonds is 4. The average Bonchev–Trinajstić information content (AvgIpc) is 2.70. The lowest BCUT2D eigenvalue weighted by molar-refractivity contribution is -0.0166. The predicted molar refractivity (Wildman–Crippen MR) is 67.9 cm³/mol. The van der Waals surface area contributed by atoms with Gasteiger partial charge in [-0.1, -0.05) is 0 Å². The molecule has 0 spiro atoms. The highest BCUT2D eigenvalue weighted by molar-refractivity contribution is 6.28. The Kier molecular flexibility index (Phi) is 3.68. The van der Waals surface area contributed by atoms with Crippen molar-refractivity contribution in [1.29, 1.82) is 0 Å². The van der Waals surface area contributed by atoms with E-state index in [0.717, 1.165) is 0 Å². The number of nitrogens with one attached hydrogen (secondary N) is 1. The molecule has 0 atom stereocenters. The number of imidazole rings is 1. The summed E-state index contributed by atoms with van der Waals surface area (Å²) in [5.41, 5.74) is 0.938. The first-order valence-electron chi connectivity index (χ1n) is 5.59. The zero-order valence-corrected chi connectivity index (χ0v) is 11.3. The second-order valence-electron chi connectivity index (χ2n) is 4.71. The summed E-state index contributed by atoms with van der Waals surface area (Å²) in [7, 11) is 0. The first-order valence-corrected chi connectivity index (χ1v) is 5.97. The number of halogens is 1. The second kappa shape index (κ2) is 5.07. The van der Waals surface area contributed by atoms with Crippen molar-refractivity contribution in [2.24, 2.45) is 0 Å². The van der Waals surface area contributed by atoms with E-state index in [0.29, 0.717) is 30.3 Å². The Balaban J connectivity index is 2.01. The van der Waals surface area contributed by atoms with Gasteiger partial charge in [-0.2, -0.15) is 9.97 Å².